The highest BCUT2D eigenvalue weighted by atomic mass is 32.3. The molecule has 0 spiro atoms. The molecule has 0 aliphatic carbocycles. The van der Waals surface area contributed by atoms with Crippen LogP contribution in [0, 0.1) is 13.8 Å². The molecule has 0 nitrogen and oxygen atoms in total. The van der Waals surface area contributed by atoms with Gasteiger partial charge in [-0.05, 0) is 50.2 Å². The predicted octanol–water partition coefficient (Wildman–Crippen LogP) is 4.20. The number of rotatable bonds is 3. The van der Waals surface area contributed by atoms with Gasteiger partial charge in [0.05, 0.1) is 0 Å². The largest absolute Gasteiger partial charge is 0.211 e. The van der Waals surface area contributed by atoms with Gasteiger partial charge in [-0.1, -0.05) is 6.92 Å². The highest BCUT2D eigenvalue weighted by Gasteiger charge is 2.16. The first-order valence-corrected chi connectivity index (χ1v) is 8.19. The molecule has 13 heavy (non-hydrogen) atoms. The molecule has 0 amide bonds. The first-order chi connectivity index (χ1) is 5.97. The van der Waals surface area contributed by atoms with E-state index in [2.05, 4.69) is 39.3 Å². The highest BCUT2D eigenvalue weighted by molar-refractivity contribution is 8.33. The molecular formula is C11H20S2. The minimum absolute atomic E-state index is 0.493. The zero-order valence-corrected chi connectivity index (χ0v) is 10.9. The van der Waals surface area contributed by atoms with Crippen LogP contribution in [0.2, 0.25) is 0 Å². The van der Waals surface area contributed by atoms with E-state index in [4.69, 9.17) is 0 Å². The van der Waals surface area contributed by atoms with Crippen LogP contribution in [0.25, 0.3) is 0 Å². The van der Waals surface area contributed by atoms with Gasteiger partial charge in [-0.15, -0.1) is 11.3 Å². The van der Waals surface area contributed by atoms with Crippen LogP contribution >= 0.6 is 21.4 Å². The van der Waals surface area contributed by atoms with Crippen LogP contribution in [0.3, 0.4) is 0 Å². The fourth-order valence-electron chi connectivity index (χ4n) is 1.42. The Morgan fingerprint density at radius 1 is 1.31 bits per heavy atom. The highest BCUT2D eigenvalue weighted by Crippen LogP contribution is 2.53. The maximum absolute atomic E-state index is 2.43. The van der Waals surface area contributed by atoms with Crippen LogP contribution in [0.4, 0.5) is 0 Å². The van der Waals surface area contributed by atoms with Crippen molar-refractivity contribution in [2.24, 2.45) is 0 Å². The molecule has 0 bridgehead atoms. The van der Waals surface area contributed by atoms with Crippen LogP contribution in [-0.4, -0.2) is 18.3 Å². The third kappa shape index (κ3) is 2.50. The van der Waals surface area contributed by atoms with Gasteiger partial charge < -0.3 is 0 Å². The second-order valence-electron chi connectivity index (χ2n) is 4.05. The summed E-state index contributed by atoms with van der Waals surface area (Å²) in [5, 5.41) is 0. The number of hydrogen-bond acceptors (Lipinski definition) is 1. The summed E-state index contributed by atoms with van der Waals surface area (Å²) in [5.74, 6) is 1.37. The van der Waals surface area contributed by atoms with E-state index in [1.54, 1.807) is 4.21 Å². The Kier molecular flexibility index (Phi) is 3.47. The molecule has 0 aromatic carbocycles. The molecule has 1 aromatic rings. The third-order valence-electron chi connectivity index (χ3n) is 2.40. The van der Waals surface area contributed by atoms with E-state index < -0.39 is 10.0 Å². The summed E-state index contributed by atoms with van der Waals surface area (Å²) in [7, 11) is -0.493. The standard InChI is InChI=1S/C11H20S2/c1-6-7-13(4,5)11-8-9(2)10(3)12-11/h8H,6-7H2,1-5H3. The van der Waals surface area contributed by atoms with Crippen molar-refractivity contribution in [3.63, 3.8) is 0 Å². The van der Waals surface area contributed by atoms with Gasteiger partial charge >= 0.3 is 0 Å². The SMILES string of the molecule is CCCS(C)(C)c1cc(C)c(C)s1. The topological polar surface area (TPSA) is 0 Å². The van der Waals surface area contributed by atoms with Crippen LogP contribution < -0.4 is 0 Å². The van der Waals surface area contributed by atoms with Crippen molar-refractivity contribution in [2.75, 3.05) is 18.3 Å². The summed E-state index contributed by atoms with van der Waals surface area (Å²) >= 11 is 2.00. The molecular weight excluding hydrogens is 196 g/mol. The molecule has 0 saturated heterocycles. The fraction of sp³-hybridized carbons (Fsp3) is 0.636. The summed E-state index contributed by atoms with van der Waals surface area (Å²) in [6.07, 6.45) is 6.17. The summed E-state index contributed by atoms with van der Waals surface area (Å²) in [5.41, 5.74) is 1.47. The van der Waals surface area contributed by atoms with Crippen molar-refractivity contribution in [3.8, 4) is 0 Å². The fourth-order valence-corrected chi connectivity index (χ4v) is 5.42. The number of hydrogen-bond donors (Lipinski definition) is 0. The first-order valence-electron chi connectivity index (χ1n) is 4.75. The average Bonchev–Trinajstić information content (AvgIpc) is 2.33. The predicted molar refractivity (Wildman–Crippen MR) is 66.7 cm³/mol. The van der Waals surface area contributed by atoms with E-state index in [-0.39, 0.29) is 0 Å². The first kappa shape index (κ1) is 11.1. The summed E-state index contributed by atoms with van der Waals surface area (Å²) < 4.78 is 1.63. The van der Waals surface area contributed by atoms with Crippen molar-refractivity contribution >= 4 is 21.4 Å². The number of thiophene rings is 1. The van der Waals surface area contributed by atoms with E-state index in [9.17, 15) is 0 Å². The third-order valence-corrected chi connectivity index (χ3v) is 7.59. The van der Waals surface area contributed by atoms with E-state index in [1.165, 1.54) is 22.6 Å². The van der Waals surface area contributed by atoms with Crippen LogP contribution in [0.1, 0.15) is 23.8 Å². The lowest BCUT2D eigenvalue weighted by atomic mass is 10.3. The van der Waals surface area contributed by atoms with Crippen LogP contribution in [-0.2, 0) is 0 Å². The minimum Gasteiger partial charge on any atom is -0.211 e. The lowest BCUT2D eigenvalue weighted by Gasteiger charge is -2.29. The molecule has 0 atom stereocenters. The van der Waals surface area contributed by atoms with E-state index in [0.717, 1.165) is 0 Å². The van der Waals surface area contributed by atoms with Gasteiger partial charge in [0.1, 0.15) is 0 Å². The second kappa shape index (κ2) is 4.05. The molecule has 0 radical (unpaired) electrons. The molecule has 0 unspecified atom stereocenters. The summed E-state index contributed by atoms with van der Waals surface area (Å²) in [6, 6.07) is 2.39. The Balaban J connectivity index is 2.93. The molecule has 1 heterocycles. The number of aryl methyl sites for hydroxylation is 2. The van der Waals surface area contributed by atoms with Crippen molar-refractivity contribution in [1.82, 2.24) is 0 Å². The summed E-state index contributed by atoms with van der Waals surface area (Å²) in [4.78, 5) is 1.49. The minimum atomic E-state index is -0.493. The molecule has 0 N–H and O–H groups in total. The quantitative estimate of drug-likeness (QED) is 0.710. The maximum atomic E-state index is 2.43. The Morgan fingerprint density at radius 2 is 1.92 bits per heavy atom. The molecule has 0 saturated carbocycles. The van der Waals surface area contributed by atoms with Crippen LogP contribution in [0.5, 0.6) is 0 Å². The van der Waals surface area contributed by atoms with E-state index >= 15 is 0 Å². The maximum Gasteiger partial charge on any atom is 0.0430 e. The van der Waals surface area contributed by atoms with Gasteiger partial charge in [-0.25, -0.2) is 10.0 Å². The lowest BCUT2D eigenvalue weighted by molar-refractivity contribution is 1.09. The molecule has 0 aliphatic heterocycles. The molecule has 1 aromatic heterocycles. The van der Waals surface area contributed by atoms with Gasteiger partial charge in [0.2, 0.25) is 0 Å². The Labute approximate surface area is 87.7 Å². The Bertz CT molecular complexity index is 265. The van der Waals surface area contributed by atoms with Crippen molar-refractivity contribution in [1.29, 1.82) is 0 Å². The van der Waals surface area contributed by atoms with Crippen LogP contribution in [0.15, 0.2) is 10.3 Å². The second-order valence-corrected chi connectivity index (χ2v) is 9.49. The zero-order valence-electron chi connectivity index (χ0n) is 9.31. The van der Waals surface area contributed by atoms with Gasteiger partial charge in [0.15, 0.2) is 0 Å². The van der Waals surface area contributed by atoms with Crippen molar-refractivity contribution in [2.45, 2.75) is 31.4 Å². The van der Waals surface area contributed by atoms with Gasteiger partial charge in [-0.2, -0.15) is 0 Å². The van der Waals surface area contributed by atoms with E-state index in [0.29, 0.717) is 0 Å². The Hall–Kier alpha value is 0.0500. The zero-order chi connectivity index (χ0) is 10.1. The molecule has 76 valence electrons. The van der Waals surface area contributed by atoms with E-state index in [1.807, 2.05) is 11.3 Å². The normalized spacial score (nSPS) is 13.3. The Morgan fingerprint density at radius 3 is 2.31 bits per heavy atom. The lowest BCUT2D eigenvalue weighted by Crippen LogP contribution is -1.98. The monoisotopic (exact) mass is 216 g/mol. The average molecular weight is 216 g/mol. The molecule has 0 aliphatic rings. The van der Waals surface area contributed by atoms with Gasteiger partial charge in [-0.3, -0.25) is 0 Å². The molecule has 0 fully saturated rings. The smallest absolute Gasteiger partial charge is 0.0430 e. The molecule has 2 heteroatoms. The van der Waals surface area contributed by atoms with Gasteiger partial charge in [0, 0.05) is 9.09 Å². The summed E-state index contributed by atoms with van der Waals surface area (Å²) in [6.45, 7) is 6.73. The van der Waals surface area contributed by atoms with Crippen molar-refractivity contribution < 1.29 is 0 Å². The van der Waals surface area contributed by atoms with Gasteiger partial charge in [0.25, 0.3) is 0 Å². The van der Waals surface area contributed by atoms with Crippen molar-refractivity contribution in [3.05, 3.63) is 16.5 Å². The molecule has 1 rings (SSSR count).